The molecule has 106 valence electrons. The summed E-state index contributed by atoms with van der Waals surface area (Å²) in [7, 11) is 5.23. The minimum atomic E-state index is 0.122. The first-order valence-electron chi connectivity index (χ1n) is 6.51. The molecule has 0 aliphatic carbocycles. The highest BCUT2D eigenvalue weighted by Gasteiger charge is 2.25. The van der Waals surface area contributed by atoms with E-state index in [0.717, 1.165) is 36.8 Å². The summed E-state index contributed by atoms with van der Waals surface area (Å²) in [4.78, 5) is 0. The summed E-state index contributed by atoms with van der Waals surface area (Å²) >= 11 is 0. The van der Waals surface area contributed by atoms with Gasteiger partial charge in [0.15, 0.2) is 11.5 Å². The Labute approximate surface area is 114 Å². The van der Waals surface area contributed by atoms with E-state index in [2.05, 4.69) is 10.6 Å². The van der Waals surface area contributed by atoms with Gasteiger partial charge in [0, 0.05) is 13.1 Å². The zero-order chi connectivity index (χ0) is 13.7. The first-order valence-corrected chi connectivity index (χ1v) is 6.51. The van der Waals surface area contributed by atoms with Gasteiger partial charge in [0.2, 0.25) is 0 Å². The van der Waals surface area contributed by atoms with E-state index in [1.807, 2.05) is 25.2 Å². The molecule has 0 radical (unpaired) electrons. The van der Waals surface area contributed by atoms with E-state index in [9.17, 15) is 0 Å². The molecule has 1 aliphatic heterocycles. The molecule has 2 N–H and O–H groups in total. The topological polar surface area (TPSA) is 51.8 Å². The molecule has 1 heterocycles. The molecule has 0 bridgehead atoms. The Morgan fingerprint density at radius 1 is 1.32 bits per heavy atom. The third-order valence-corrected chi connectivity index (χ3v) is 3.41. The molecular weight excluding hydrogens is 244 g/mol. The van der Waals surface area contributed by atoms with Crippen LogP contribution < -0.4 is 20.1 Å². The van der Waals surface area contributed by atoms with Gasteiger partial charge in [0.25, 0.3) is 0 Å². The van der Waals surface area contributed by atoms with Gasteiger partial charge in [-0.05, 0) is 24.7 Å². The summed E-state index contributed by atoms with van der Waals surface area (Å²) in [5.74, 6) is 1.48. The van der Waals surface area contributed by atoms with E-state index in [1.54, 1.807) is 14.2 Å². The summed E-state index contributed by atoms with van der Waals surface area (Å²) in [5.41, 5.74) is 1.13. The maximum absolute atomic E-state index is 5.82. The Hall–Kier alpha value is -1.30. The molecule has 1 aromatic rings. The summed E-state index contributed by atoms with van der Waals surface area (Å²) in [5, 5.41) is 6.67. The number of hydrogen-bond acceptors (Lipinski definition) is 5. The van der Waals surface area contributed by atoms with Gasteiger partial charge >= 0.3 is 0 Å². The number of nitrogens with one attached hydrogen (secondary N) is 2. The van der Waals surface area contributed by atoms with Crippen LogP contribution in [0.15, 0.2) is 18.2 Å². The van der Waals surface area contributed by atoms with Crippen molar-refractivity contribution < 1.29 is 14.2 Å². The van der Waals surface area contributed by atoms with Gasteiger partial charge in [-0.25, -0.2) is 0 Å². The predicted molar refractivity (Wildman–Crippen MR) is 74.0 cm³/mol. The molecule has 5 heteroatoms. The lowest BCUT2D eigenvalue weighted by molar-refractivity contribution is 0.00533. The SMILES string of the molecule is CNC(c1ccc(OC)c(OC)c1)C1CNCCO1. The number of likely N-dealkylation sites (N-methyl/N-ethyl adjacent to an activating group) is 1. The summed E-state index contributed by atoms with van der Waals surface area (Å²) in [6, 6.07) is 6.10. The van der Waals surface area contributed by atoms with Crippen LogP contribution in [0.2, 0.25) is 0 Å². The maximum Gasteiger partial charge on any atom is 0.161 e. The molecule has 1 aliphatic rings. The zero-order valence-electron chi connectivity index (χ0n) is 11.7. The second-order valence-electron chi connectivity index (χ2n) is 4.49. The predicted octanol–water partition coefficient (Wildman–Crippen LogP) is 0.953. The van der Waals surface area contributed by atoms with Gasteiger partial charge in [-0.2, -0.15) is 0 Å². The van der Waals surface area contributed by atoms with Gasteiger partial charge in [0.05, 0.1) is 33.0 Å². The van der Waals surface area contributed by atoms with Crippen molar-refractivity contribution in [3.05, 3.63) is 23.8 Å². The van der Waals surface area contributed by atoms with E-state index < -0.39 is 0 Å². The van der Waals surface area contributed by atoms with Crippen LogP contribution in [0.3, 0.4) is 0 Å². The molecule has 0 saturated carbocycles. The van der Waals surface area contributed by atoms with Crippen molar-refractivity contribution in [1.29, 1.82) is 0 Å². The summed E-state index contributed by atoms with van der Waals surface area (Å²) < 4.78 is 16.4. The molecule has 2 rings (SSSR count). The highest BCUT2D eigenvalue weighted by molar-refractivity contribution is 5.44. The fourth-order valence-electron chi connectivity index (χ4n) is 2.41. The molecule has 2 unspecified atom stereocenters. The van der Waals surface area contributed by atoms with Crippen LogP contribution in [0.1, 0.15) is 11.6 Å². The smallest absolute Gasteiger partial charge is 0.161 e. The van der Waals surface area contributed by atoms with Gasteiger partial charge in [0.1, 0.15) is 0 Å². The van der Waals surface area contributed by atoms with Crippen molar-refractivity contribution in [3.63, 3.8) is 0 Å². The van der Waals surface area contributed by atoms with Gasteiger partial charge in [-0.1, -0.05) is 6.07 Å². The van der Waals surface area contributed by atoms with Crippen molar-refractivity contribution in [1.82, 2.24) is 10.6 Å². The van der Waals surface area contributed by atoms with Crippen LogP contribution >= 0.6 is 0 Å². The lowest BCUT2D eigenvalue weighted by Crippen LogP contribution is -2.45. The van der Waals surface area contributed by atoms with Crippen molar-refractivity contribution in [2.45, 2.75) is 12.1 Å². The summed E-state index contributed by atoms with van der Waals surface area (Å²) in [6.07, 6.45) is 0.122. The Bertz CT molecular complexity index is 406. The van der Waals surface area contributed by atoms with Crippen LogP contribution in [0.4, 0.5) is 0 Å². The second-order valence-corrected chi connectivity index (χ2v) is 4.49. The minimum absolute atomic E-state index is 0.122. The van der Waals surface area contributed by atoms with Crippen LogP contribution in [0, 0.1) is 0 Å². The van der Waals surface area contributed by atoms with Crippen molar-refractivity contribution in [2.24, 2.45) is 0 Å². The minimum Gasteiger partial charge on any atom is -0.493 e. The molecule has 5 nitrogen and oxygen atoms in total. The monoisotopic (exact) mass is 266 g/mol. The fraction of sp³-hybridized carbons (Fsp3) is 0.571. The van der Waals surface area contributed by atoms with Gasteiger partial charge in [-0.3, -0.25) is 0 Å². The van der Waals surface area contributed by atoms with Crippen LogP contribution in [0.5, 0.6) is 11.5 Å². The first kappa shape index (κ1) is 14.1. The number of morpholine rings is 1. The van der Waals surface area contributed by atoms with Crippen LogP contribution in [0.25, 0.3) is 0 Å². The zero-order valence-corrected chi connectivity index (χ0v) is 11.7. The van der Waals surface area contributed by atoms with E-state index in [4.69, 9.17) is 14.2 Å². The third kappa shape index (κ3) is 3.18. The molecular formula is C14H22N2O3. The number of hydrogen-bond donors (Lipinski definition) is 2. The number of ether oxygens (including phenoxy) is 3. The normalized spacial score (nSPS) is 20.9. The largest absolute Gasteiger partial charge is 0.493 e. The standard InChI is InChI=1S/C14H22N2O3/c1-15-14(13-9-16-6-7-19-13)10-4-5-11(17-2)12(8-10)18-3/h4-5,8,13-16H,6-7,9H2,1-3H3. The molecule has 1 saturated heterocycles. The molecule has 2 atom stereocenters. The van der Waals surface area contributed by atoms with E-state index in [0.29, 0.717) is 0 Å². The van der Waals surface area contributed by atoms with E-state index in [1.165, 1.54) is 0 Å². The Morgan fingerprint density at radius 3 is 2.68 bits per heavy atom. The first-order chi connectivity index (χ1) is 9.30. The number of rotatable bonds is 5. The van der Waals surface area contributed by atoms with Gasteiger partial charge < -0.3 is 24.8 Å². The Morgan fingerprint density at radius 2 is 2.11 bits per heavy atom. The van der Waals surface area contributed by atoms with E-state index >= 15 is 0 Å². The fourth-order valence-corrected chi connectivity index (χ4v) is 2.41. The quantitative estimate of drug-likeness (QED) is 0.831. The number of benzene rings is 1. The van der Waals surface area contributed by atoms with Crippen molar-refractivity contribution in [3.8, 4) is 11.5 Å². The molecule has 0 aromatic heterocycles. The average Bonchev–Trinajstić information content (AvgIpc) is 2.49. The lowest BCUT2D eigenvalue weighted by atomic mass is 10.00. The molecule has 0 spiro atoms. The molecule has 0 amide bonds. The van der Waals surface area contributed by atoms with Gasteiger partial charge in [-0.15, -0.1) is 0 Å². The van der Waals surface area contributed by atoms with E-state index in [-0.39, 0.29) is 12.1 Å². The average molecular weight is 266 g/mol. The molecule has 1 aromatic carbocycles. The van der Waals surface area contributed by atoms with Crippen molar-refractivity contribution in [2.75, 3.05) is 41.0 Å². The Kier molecular flexibility index (Phi) is 5.01. The van der Waals surface area contributed by atoms with Crippen LogP contribution in [-0.4, -0.2) is 47.1 Å². The highest BCUT2D eigenvalue weighted by atomic mass is 16.5. The highest BCUT2D eigenvalue weighted by Crippen LogP contribution is 2.31. The maximum atomic E-state index is 5.82. The summed E-state index contributed by atoms with van der Waals surface area (Å²) in [6.45, 7) is 2.51. The third-order valence-electron chi connectivity index (χ3n) is 3.41. The molecule has 19 heavy (non-hydrogen) atoms. The number of methoxy groups -OCH3 is 2. The Balaban J connectivity index is 2.22. The lowest BCUT2D eigenvalue weighted by Gasteiger charge is -2.31. The van der Waals surface area contributed by atoms with Crippen LogP contribution in [-0.2, 0) is 4.74 Å². The molecule has 1 fully saturated rings. The second kappa shape index (κ2) is 6.75. The van der Waals surface area contributed by atoms with Crippen molar-refractivity contribution >= 4 is 0 Å².